The molecule has 0 fully saturated rings. The standard InChI is InChI=1S/C27H32F2N4O3/c28-27(29)33-24-16-19(12-13-20(24)17-30-33)25(34)32-23(26(35)36)11-5-3-1-2-4-9-21-15-14-18-8-6-7-10-22(18)31-21/h12-17,23,27H,1-11H2,(H,32,34)(H,35,36)/t23-/m0/s1. The Kier molecular flexibility index (Phi) is 8.61. The van der Waals surface area contributed by atoms with Crippen LogP contribution in [0.1, 0.15) is 85.2 Å². The van der Waals surface area contributed by atoms with Crippen LogP contribution < -0.4 is 5.32 Å². The molecule has 1 aliphatic carbocycles. The number of fused-ring (bicyclic) bond motifs is 2. The Morgan fingerprint density at radius 1 is 1.03 bits per heavy atom. The lowest BCUT2D eigenvalue weighted by atomic mass is 9.95. The highest BCUT2D eigenvalue weighted by molar-refractivity contribution is 5.99. The van der Waals surface area contributed by atoms with E-state index in [-0.39, 0.29) is 11.1 Å². The number of pyridine rings is 1. The number of halogens is 2. The average molecular weight is 499 g/mol. The monoisotopic (exact) mass is 498 g/mol. The molecule has 2 heterocycles. The van der Waals surface area contributed by atoms with Crippen LogP contribution in [0.15, 0.2) is 36.5 Å². The van der Waals surface area contributed by atoms with Gasteiger partial charge in [0.1, 0.15) is 6.04 Å². The number of carbonyl (C=O) groups is 2. The number of aromatic nitrogens is 3. The molecule has 1 aromatic carbocycles. The van der Waals surface area contributed by atoms with Crippen molar-refractivity contribution < 1.29 is 23.5 Å². The van der Waals surface area contributed by atoms with E-state index in [1.54, 1.807) is 0 Å². The number of benzene rings is 1. The predicted molar refractivity (Wildman–Crippen MR) is 132 cm³/mol. The number of nitrogens with zero attached hydrogens (tertiary/aromatic N) is 3. The lowest BCUT2D eigenvalue weighted by Gasteiger charge is -2.15. The van der Waals surface area contributed by atoms with Crippen molar-refractivity contribution in [2.24, 2.45) is 0 Å². The molecular formula is C27H32F2N4O3. The fourth-order valence-electron chi connectivity index (χ4n) is 4.79. The number of carboxylic acid groups (broad SMARTS) is 1. The second kappa shape index (κ2) is 12.1. The van der Waals surface area contributed by atoms with E-state index in [9.17, 15) is 23.5 Å². The fourth-order valence-corrected chi connectivity index (χ4v) is 4.79. The van der Waals surface area contributed by atoms with Crippen LogP contribution in [0, 0.1) is 0 Å². The molecule has 0 bridgehead atoms. The number of unbranched alkanes of at least 4 members (excludes halogenated alkanes) is 4. The van der Waals surface area contributed by atoms with Crippen molar-refractivity contribution in [2.45, 2.75) is 83.2 Å². The number of hydrogen-bond donors (Lipinski definition) is 2. The molecule has 0 spiro atoms. The minimum Gasteiger partial charge on any atom is -0.480 e. The van der Waals surface area contributed by atoms with Crippen molar-refractivity contribution in [3.05, 3.63) is 59.0 Å². The van der Waals surface area contributed by atoms with E-state index in [0.29, 0.717) is 22.9 Å². The zero-order valence-electron chi connectivity index (χ0n) is 20.3. The maximum Gasteiger partial charge on any atom is 0.333 e. The minimum atomic E-state index is -2.83. The molecule has 0 radical (unpaired) electrons. The first-order valence-corrected chi connectivity index (χ1v) is 12.7. The quantitative estimate of drug-likeness (QED) is 0.323. The van der Waals surface area contributed by atoms with Gasteiger partial charge in [-0.2, -0.15) is 13.9 Å². The van der Waals surface area contributed by atoms with Crippen molar-refractivity contribution in [3.63, 3.8) is 0 Å². The summed E-state index contributed by atoms with van der Waals surface area (Å²) in [5.41, 5.74) is 4.05. The molecule has 3 aromatic rings. The van der Waals surface area contributed by atoms with Gasteiger partial charge in [-0.1, -0.05) is 37.8 Å². The summed E-state index contributed by atoms with van der Waals surface area (Å²) in [6.07, 6.45) is 11.9. The van der Waals surface area contributed by atoms with Gasteiger partial charge in [-0.05, 0) is 68.7 Å². The maximum atomic E-state index is 13.1. The largest absolute Gasteiger partial charge is 0.480 e. The van der Waals surface area contributed by atoms with Crippen LogP contribution in [0.2, 0.25) is 0 Å². The summed E-state index contributed by atoms with van der Waals surface area (Å²) >= 11 is 0. The number of carboxylic acids is 1. The van der Waals surface area contributed by atoms with E-state index >= 15 is 0 Å². The predicted octanol–water partition coefficient (Wildman–Crippen LogP) is 5.47. The van der Waals surface area contributed by atoms with Crippen molar-refractivity contribution >= 4 is 22.8 Å². The third-order valence-corrected chi connectivity index (χ3v) is 6.81. The number of amides is 1. The summed E-state index contributed by atoms with van der Waals surface area (Å²) < 4.78 is 26.7. The molecule has 0 saturated carbocycles. The first kappa shape index (κ1) is 25.7. The Morgan fingerprint density at radius 3 is 2.61 bits per heavy atom. The molecular weight excluding hydrogens is 466 g/mol. The van der Waals surface area contributed by atoms with E-state index in [4.69, 9.17) is 4.98 Å². The molecule has 0 unspecified atom stereocenters. The van der Waals surface area contributed by atoms with Gasteiger partial charge in [-0.3, -0.25) is 9.78 Å². The number of alkyl halides is 2. The summed E-state index contributed by atoms with van der Waals surface area (Å²) in [5, 5.41) is 16.2. The van der Waals surface area contributed by atoms with Gasteiger partial charge >= 0.3 is 12.5 Å². The molecule has 0 aliphatic heterocycles. The van der Waals surface area contributed by atoms with Crippen LogP contribution in [-0.2, 0) is 24.1 Å². The Balaban J connectivity index is 1.19. The van der Waals surface area contributed by atoms with Gasteiger partial charge in [0.15, 0.2) is 0 Å². The highest BCUT2D eigenvalue weighted by atomic mass is 19.3. The van der Waals surface area contributed by atoms with Gasteiger partial charge in [0.05, 0.1) is 11.7 Å². The van der Waals surface area contributed by atoms with Crippen molar-refractivity contribution in [1.82, 2.24) is 20.1 Å². The number of aliphatic carboxylic acids is 1. The van der Waals surface area contributed by atoms with Crippen LogP contribution in [0.5, 0.6) is 0 Å². The second-order valence-electron chi connectivity index (χ2n) is 9.43. The number of aryl methyl sites for hydroxylation is 3. The maximum absolute atomic E-state index is 13.1. The molecule has 1 amide bonds. The van der Waals surface area contributed by atoms with Crippen LogP contribution >= 0.6 is 0 Å². The zero-order chi connectivity index (χ0) is 25.5. The summed E-state index contributed by atoms with van der Waals surface area (Å²) in [4.78, 5) is 29.1. The number of nitrogens with one attached hydrogen (secondary N) is 1. The SMILES string of the molecule is O=C(N[C@@H](CCCCCCCc1ccc2c(n1)CCCC2)C(=O)O)c1ccc2cnn(C(F)F)c2c1. The lowest BCUT2D eigenvalue weighted by molar-refractivity contribution is -0.139. The Bertz CT molecular complexity index is 1210. The Labute approximate surface area is 208 Å². The smallest absolute Gasteiger partial charge is 0.333 e. The van der Waals surface area contributed by atoms with E-state index in [1.165, 1.54) is 48.5 Å². The molecule has 1 aliphatic rings. The molecule has 7 nitrogen and oxygen atoms in total. The lowest BCUT2D eigenvalue weighted by Crippen LogP contribution is -2.40. The second-order valence-corrected chi connectivity index (χ2v) is 9.43. The Morgan fingerprint density at radius 2 is 1.81 bits per heavy atom. The molecule has 0 saturated heterocycles. The number of carbonyl (C=O) groups excluding carboxylic acids is 1. The van der Waals surface area contributed by atoms with E-state index in [1.807, 2.05) is 0 Å². The molecule has 2 aromatic heterocycles. The third kappa shape index (κ3) is 6.44. The summed E-state index contributed by atoms with van der Waals surface area (Å²) in [6, 6.07) is 7.64. The first-order chi connectivity index (χ1) is 17.4. The molecule has 1 atom stereocenters. The third-order valence-electron chi connectivity index (χ3n) is 6.81. The zero-order valence-corrected chi connectivity index (χ0v) is 20.3. The van der Waals surface area contributed by atoms with Crippen molar-refractivity contribution in [3.8, 4) is 0 Å². The van der Waals surface area contributed by atoms with Gasteiger partial charge in [0.25, 0.3) is 5.91 Å². The summed E-state index contributed by atoms with van der Waals surface area (Å²) in [7, 11) is 0. The van der Waals surface area contributed by atoms with Gasteiger partial charge in [-0.15, -0.1) is 0 Å². The van der Waals surface area contributed by atoms with E-state index in [0.717, 1.165) is 50.6 Å². The van der Waals surface area contributed by atoms with Crippen LogP contribution in [0.3, 0.4) is 0 Å². The summed E-state index contributed by atoms with van der Waals surface area (Å²) in [6.45, 7) is -2.83. The number of rotatable bonds is 12. The highest BCUT2D eigenvalue weighted by Crippen LogP contribution is 2.22. The highest BCUT2D eigenvalue weighted by Gasteiger charge is 2.21. The minimum absolute atomic E-state index is 0.118. The molecule has 9 heteroatoms. The average Bonchev–Trinajstić information content (AvgIpc) is 3.31. The van der Waals surface area contributed by atoms with Crippen LogP contribution in [0.25, 0.3) is 10.9 Å². The van der Waals surface area contributed by atoms with Crippen LogP contribution in [-0.4, -0.2) is 37.8 Å². The molecule has 4 rings (SSSR count). The van der Waals surface area contributed by atoms with E-state index < -0.39 is 24.5 Å². The molecule has 36 heavy (non-hydrogen) atoms. The van der Waals surface area contributed by atoms with Crippen molar-refractivity contribution in [2.75, 3.05) is 0 Å². The van der Waals surface area contributed by atoms with Gasteiger partial charge in [0, 0.05) is 22.3 Å². The molecule has 2 N–H and O–H groups in total. The normalized spacial score (nSPS) is 14.1. The molecule has 192 valence electrons. The van der Waals surface area contributed by atoms with Gasteiger partial charge in [0.2, 0.25) is 0 Å². The fraction of sp³-hybridized carbons (Fsp3) is 0.481. The van der Waals surface area contributed by atoms with Gasteiger partial charge < -0.3 is 10.4 Å². The van der Waals surface area contributed by atoms with E-state index in [2.05, 4.69) is 22.5 Å². The summed E-state index contributed by atoms with van der Waals surface area (Å²) in [5.74, 6) is -1.72. The number of hydrogen-bond acceptors (Lipinski definition) is 4. The first-order valence-electron chi connectivity index (χ1n) is 12.7. The Hall–Kier alpha value is -3.36. The van der Waals surface area contributed by atoms with Crippen LogP contribution in [0.4, 0.5) is 8.78 Å². The van der Waals surface area contributed by atoms with Gasteiger partial charge in [-0.25, -0.2) is 9.48 Å². The van der Waals surface area contributed by atoms with Crippen molar-refractivity contribution in [1.29, 1.82) is 0 Å². The topological polar surface area (TPSA) is 97.1 Å².